The predicted molar refractivity (Wildman–Crippen MR) is 86.5 cm³/mol. The fourth-order valence-corrected chi connectivity index (χ4v) is 3.26. The van der Waals surface area contributed by atoms with Crippen LogP contribution in [0.2, 0.25) is 5.02 Å². The third-order valence-electron chi connectivity index (χ3n) is 4.14. The summed E-state index contributed by atoms with van der Waals surface area (Å²) in [5.41, 5.74) is 9.97. The smallest absolute Gasteiger partial charge is 0.222 e. The summed E-state index contributed by atoms with van der Waals surface area (Å²) in [6.07, 6.45) is 2.70. The Hall–Kier alpha value is -1.68. The molecule has 2 aromatic rings. The van der Waals surface area contributed by atoms with Crippen LogP contribution in [0, 0.1) is 5.92 Å². The van der Waals surface area contributed by atoms with Gasteiger partial charge in [0, 0.05) is 28.7 Å². The molecule has 1 heterocycles. The van der Waals surface area contributed by atoms with Gasteiger partial charge in [0.2, 0.25) is 5.91 Å². The molecule has 0 bridgehead atoms. The van der Waals surface area contributed by atoms with Crippen LogP contribution in [-0.2, 0) is 17.6 Å². The number of anilines is 1. The number of carbonyl (C=O) groups is 1. The quantitative estimate of drug-likeness (QED) is 0.746. The lowest BCUT2D eigenvalue weighted by atomic mass is 9.91. The van der Waals surface area contributed by atoms with Crippen LogP contribution in [0.25, 0.3) is 10.9 Å². The van der Waals surface area contributed by atoms with E-state index >= 15 is 0 Å². The molecule has 0 radical (unpaired) electrons. The molecule has 1 atom stereocenters. The van der Waals surface area contributed by atoms with Crippen molar-refractivity contribution in [1.82, 2.24) is 10.3 Å². The Kier molecular flexibility index (Phi) is 3.57. The van der Waals surface area contributed by atoms with Crippen LogP contribution >= 0.6 is 11.6 Å². The molecule has 1 aromatic heterocycles. The van der Waals surface area contributed by atoms with Crippen molar-refractivity contribution in [3.8, 4) is 0 Å². The van der Waals surface area contributed by atoms with Crippen LogP contribution in [0.15, 0.2) is 12.1 Å². The summed E-state index contributed by atoms with van der Waals surface area (Å²) in [6.45, 7) is 3.82. The number of amides is 1. The molecular weight excluding hydrogens is 286 g/mol. The number of aryl methyl sites for hydroxylation is 1. The number of fused-ring (bicyclic) bond motifs is 3. The van der Waals surface area contributed by atoms with Gasteiger partial charge in [0.1, 0.15) is 0 Å². The Balaban J connectivity index is 1.93. The number of aromatic amines is 1. The van der Waals surface area contributed by atoms with Gasteiger partial charge in [-0.3, -0.25) is 4.79 Å². The number of hydrogen-bond donors (Lipinski definition) is 3. The van der Waals surface area contributed by atoms with E-state index in [0.29, 0.717) is 10.7 Å². The molecule has 0 saturated carbocycles. The maximum atomic E-state index is 11.9. The molecular formula is C16H20ClN3O. The third kappa shape index (κ3) is 2.60. The minimum Gasteiger partial charge on any atom is -0.399 e. The summed E-state index contributed by atoms with van der Waals surface area (Å²) < 4.78 is 0. The van der Waals surface area contributed by atoms with E-state index in [1.807, 2.05) is 19.9 Å². The summed E-state index contributed by atoms with van der Waals surface area (Å²) in [7, 11) is 0. The Morgan fingerprint density at radius 3 is 2.95 bits per heavy atom. The van der Waals surface area contributed by atoms with E-state index in [9.17, 15) is 4.79 Å². The second-order valence-electron chi connectivity index (χ2n) is 6.11. The molecule has 1 unspecified atom stereocenters. The zero-order valence-corrected chi connectivity index (χ0v) is 13.1. The van der Waals surface area contributed by atoms with E-state index in [1.165, 1.54) is 11.3 Å². The van der Waals surface area contributed by atoms with Gasteiger partial charge in [-0.2, -0.15) is 0 Å². The summed E-state index contributed by atoms with van der Waals surface area (Å²) in [6, 6.07) is 3.92. The highest BCUT2D eigenvalue weighted by molar-refractivity contribution is 6.35. The topological polar surface area (TPSA) is 70.9 Å². The summed E-state index contributed by atoms with van der Waals surface area (Å²) in [4.78, 5) is 15.3. The number of nitrogens with one attached hydrogen (secondary N) is 2. The second kappa shape index (κ2) is 5.26. The largest absolute Gasteiger partial charge is 0.399 e. The number of carbonyl (C=O) groups excluding carboxylic acids is 1. The van der Waals surface area contributed by atoms with E-state index in [1.54, 1.807) is 6.07 Å². The van der Waals surface area contributed by atoms with Crippen LogP contribution in [-0.4, -0.2) is 16.9 Å². The van der Waals surface area contributed by atoms with Crippen molar-refractivity contribution in [2.45, 2.75) is 39.2 Å². The highest BCUT2D eigenvalue weighted by Gasteiger charge is 2.25. The van der Waals surface area contributed by atoms with Crippen molar-refractivity contribution in [3.05, 3.63) is 28.4 Å². The minimum atomic E-state index is 0.0134. The zero-order valence-electron chi connectivity index (χ0n) is 12.3. The highest BCUT2D eigenvalue weighted by Crippen LogP contribution is 2.34. The summed E-state index contributed by atoms with van der Waals surface area (Å²) >= 11 is 6.26. The predicted octanol–water partition coefficient (Wildman–Crippen LogP) is 3.03. The van der Waals surface area contributed by atoms with Crippen molar-refractivity contribution in [2.24, 2.45) is 5.92 Å². The molecule has 4 nitrogen and oxygen atoms in total. The Labute approximate surface area is 129 Å². The van der Waals surface area contributed by atoms with Crippen LogP contribution < -0.4 is 11.1 Å². The van der Waals surface area contributed by atoms with Gasteiger partial charge in [-0.1, -0.05) is 25.4 Å². The van der Waals surface area contributed by atoms with E-state index in [4.69, 9.17) is 17.3 Å². The number of halogens is 1. The van der Waals surface area contributed by atoms with Crippen molar-refractivity contribution in [1.29, 1.82) is 0 Å². The molecule has 0 saturated heterocycles. The molecule has 1 aliphatic carbocycles. The van der Waals surface area contributed by atoms with Crippen LogP contribution in [0.3, 0.4) is 0 Å². The van der Waals surface area contributed by atoms with Crippen molar-refractivity contribution in [2.75, 3.05) is 5.73 Å². The molecule has 5 heteroatoms. The number of H-pyrrole nitrogens is 1. The van der Waals surface area contributed by atoms with Gasteiger partial charge in [0.15, 0.2) is 0 Å². The molecule has 3 rings (SSSR count). The van der Waals surface area contributed by atoms with Crippen molar-refractivity contribution >= 4 is 34.1 Å². The lowest BCUT2D eigenvalue weighted by Crippen LogP contribution is -2.40. The maximum absolute atomic E-state index is 11.9. The maximum Gasteiger partial charge on any atom is 0.222 e. The minimum absolute atomic E-state index is 0.0134. The van der Waals surface area contributed by atoms with Crippen LogP contribution in [0.1, 0.15) is 31.5 Å². The molecule has 0 aliphatic heterocycles. The molecule has 0 spiro atoms. The van der Waals surface area contributed by atoms with E-state index in [-0.39, 0.29) is 17.9 Å². The van der Waals surface area contributed by atoms with Crippen LogP contribution in [0.5, 0.6) is 0 Å². The van der Waals surface area contributed by atoms with Crippen molar-refractivity contribution < 1.29 is 4.79 Å². The average molecular weight is 306 g/mol. The monoisotopic (exact) mass is 305 g/mol. The second-order valence-corrected chi connectivity index (χ2v) is 6.52. The number of nitrogen functional groups attached to an aromatic ring is 1. The fraction of sp³-hybridized carbons (Fsp3) is 0.438. The number of benzene rings is 1. The third-order valence-corrected chi connectivity index (χ3v) is 4.44. The first-order chi connectivity index (χ1) is 9.95. The number of rotatable bonds is 2. The summed E-state index contributed by atoms with van der Waals surface area (Å²) in [5, 5.41) is 4.86. The Morgan fingerprint density at radius 2 is 2.24 bits per heavy atom. The molecule has 21 heavy (non-hydrogen) atoms. The van der Waals surface area contributed by atoms with E-state index < -0.39 is 0 Å². The van der Waals surface area contributed by atoms with E-state index in [0.717, 1.165) is 30.2 Å². The molecule has 1 amide bonds. The number of nitrogens with two attached hydrogens (primary N) is 1. The lowest BCUT2D eigenvalue weighted by Gasteiger charge is -2.24. The molecule has 1 aliphatic rings. The highest BCUT2D eigenvalue weighted by atomic mass is 35.5. The van der Waals surface area contributed by atoms with Gasteiger partial charge in [0.05, 0.1) is 10.5 Å². The zero-order chi connectivity index (χ0) is 15.1. The van der Waals surface area contributed by atoms with Gasteiger partial charge in [-0.15, -0.1) is 0 Å². The summed E-state index contributed by atoms with van der Waals surface area (Å²) in [5.74, 6) is 0.125. The lowest BCUT2D eigenvalue weighted by molar-refractivity contribution is -0.124. The molecule has 4 N–H and O–H groups in total. The number of hydrogen-bond acceptors (Lipinski definition) is 2. The Morgan fingerprint density at radius 1 is 1.48 bits per heavy atom. The first-order valence-electron chi connectivity index (χ1n) is 7.34. The fourth-order valence-electron chi connectivity index (χ4n) is 2.99. The Bertz CT molecular complexity index is 705. The van der Waals surface area contributed by atoms with Crippen molar-refractivity contribution in [3.63, 3.8) is 0 Å². The van der Waals surface area contributed by atoms with Gasteiger partial charge in [-0.05, 0) is 37.0 Å². The molecule has 1 aromatic carbocycles. The SMILES string of the molecule is CC(C)C(=O)NC1CCc2[nH]c3c(Cl)cc(N)cc3c2C1. The van der Waals surface area contributed by atoms with Gasteiger partial charge < -0.3 is 16.0 Å². The molecule has 0 fully saturated rings. The average Bonchev–Trinajstić information content (AvgIpc) is 2.77. The van der Waals surface area contributed by atoms with Gasteiger partial charge >= 0.3 is 0 Å². The normalized spacial score (nSPS) is 18.0. The van der Waals surface area contributed by atoms with Gasteiger partial charge in [0.25, 0.3) is 0 Å². The van der Waals surface area contributed by atoms with Crippen LogP contribution in [0.4, 0.5) is 5.69 Å². The number of aromatic nitrogens is 1. The first kappa shape index (κ1) is 14.3. The molecule has 112 valence electrons. The van der Waals surface area contributed by atoms with Gasteiger partial charge in [-0.25, -0.2) is 0 Å². The standard InChI is InChI=1S/C16H20ClN3O/c1-8(2)16(21)19-10-3-4-14-11(7-10)12-5-9(18)6-13(17)15(12)20-14/h5-6,8,10,20H,3-4,7,18H2,1-2H3,(H,19,21). The first-order valence-corrected chi connectivity index (χ1v) is 7.72. The van der Waals surface area contributed by atoms with E-state index in [2.05, 4.69) is 10.3 Å².